The highest BCUT2D eigenvalue weighted by atomic mass is 32.2. The summed E-state index contributed by atoms with van der Waals surface area (Å²) in [4.78, 5) is 81.6. The molecule has 0 bridgehead atoms. The van der Waals surface area contributed by atoms with Gasteiger partial charge in [0.1, 0.15) is 17.2 Å². The predicted molar refractivity (Wildman–Crippen MR) is 276 cm³/mol. The van der Waals surface area contributed by atoms with Crippen molar-refractivity contribution in [2.24, 2.45) is 40.9 Å². The molecule has 0 saturated heterocycles. The number of carbonyl (C=O) groups excluding carboxylic acids is 6. The van der Waals surface area contributed by atoms with Crippen LogP contribution in [0.5, 0.6) is 17.2 Å². The highest BCUT2D eigenvalue weighted by Crippen LogP contribution is 2.61. The lowest BCUT2D eigenvalue weighted by Gasteiger charge is -2.37. The van der Waals surface area contributed by atoms with Crippen molar-refractivity contribution < 1.29 is 57.2 Å². The van der Waals surface area contributed by atoms with E-state index in [9.17, 15) is 34.0 Å². The van der Waals surface area contributed by atoms with E-state index < -0.39 is 52.5 Å². The second-order valence-electron chi connectivity index (χ2n) is 21.6. The Morgan fingerprint density at radius 3 is 1.79 bits per heavy atom. The van der Waals surface area contributed by atoms with E-state index in [2.05, 4.69) is 18.3 Å². The van der Waals surface area contributed by atoms with E-state index in [0.717, 1.165) is 49.2 Å². The first kappa shape index (κ1) is 56.7. The van der Waals surface area contributed by atoms with Crippen molar-refractivity contribution in [3.8, 4) is 23.3 Å². The average Bonchev–Trinajstić information content (AvgIpc) is 3.84. The molecule has 3 saturated carbocycles. The van der Waals surface area contributed by atoms with Gasteiger partial charge in [0, 0.05) is 23.5 Å². The van der Waals surface area contributed by atoms with Gasteiger partial charge in [-0.05, 0) is 111 Å². The van der Waals surface area contributed by atoms with E-state index >= 15 is 0 Å². The predicted octanol–water partition coefficient (Wildman–Crippen LogP) is 12.2. The van der Waals surface area contributed by atoms with Crippen molar-refractivity contribution in [1.82, 2.24) is 0 Å². The SMILES string of the molecule is [C-]#[N+]/C(C#N)=C1\Sc2c(OC(=O)C3CCC(C(=O)Oc4ccc(CCOC(=O)CCC(=O)OCC(C)(C)COC(=O)C=C)cc4)CC3)cc(C(C)(C)C)c(OC(=O)C3CCC(C4CCC(CC)CC4)CC3)c2S1. The van der Waals surface area contributed by atoms with Crippen molar-refractivity contribution in [1.29, 1.82) is 5.26 Å². The Hall–Kier alpha value is -5.58. The molecule has 3 fully saturated rings. The van der Waals surface area contributed by atoms with Crippen LogP contribution in [0.25, 0.3) is 4.85 Å². The molecule has 0 spiro atoms. The summed E-state index contributed by atoms with van der Waals surface area (Å²) in [6.07, 6.45) is 12.8. The minimum absolute atomic E-state index is 0.00647. The fourth-order valence-electron chi connectivity index (χ4n) is 9.97. The lowest BCUT2D eigenvalue weighted by Crippen LogP contribution is -2.31. The monoisotopic (exact) mass is 1040 g/mol. The third-order valence-electron chi connectivity index (χ3n) is 14.5. The molecular formula is C57H70N2O12S2. The topological polar surface area (TPSA) is 186 Å². The molecule has 0 aromatic heterocycles. The second-order valence-corrected chi connectivity index (χ2v) is 23.9. The van der Waals surface area contributed by atoms with Crippen LogP contribution in [0.4, 0.5) is 0 Å². The van der Waals surface area contributed by atoms with Crippen molar-refractivity contribution in [3.63, 3.8) is 0 Å². The van der Waals surface area contributed by atoms with Crippen molar-refractivity contribution in [3.05, 3.63) is 75.5 Å². The van der Waals surface area contributed by atoms with Gasteiger partial charge < -0.3 is 28.4 Å². The standard InChI is InChI=1S/C57H70N2O12S2/c1-9-35-11-15-37(16-12-35)38-17-19-41(20-18-38)54(65)71-49-43(56(3,4)5)31-45(50-51(49)73-55(72-50)44(32-58)59-8)70-53(64)40-23-21-39(22-24-40)52(63)69-42-25-13-36(14-26-42)29-30-66-47(61)27-28-48(62)68-34-57(6,7)33-67-46(60)10-2/h10,13-14,25-26,31,35,37-41H,2,9,11-12,15-24,27-30,33-34H2,1,3-7H3/b55-44+. The second kappa shape index (κ2) is 26.1. The lowest BCUT2D eigenvalue weighted by molar-refractivity contribution is -0.154. The zero-order valence-corrected chi connectivity index (χ0v) is 44.8. The van der Waals surface area contributed by atoms with E-state index in [0.29, 0.717) is 69.1 Å². The van der Waals surface area contributed by atoms with Crippen LogP contribution in [0.3, 0.4) is 0 Å². The summed E-state index contributed by atoms with van der Waals surface area (Å²) in [5.74, 6) is -0.683. The third kappa shape index (κ3) is 16.0. The minimum atomic E-state index is -0.612. The number of nitriles is 1. The normalized spacial score (nSPS) is 22.5. The fraction of sp³-hybridized carbons (Fsp3) is 0.579. The number of nitrogens with zero attached hydrogens (tertiary/aromatic N) is 2. The van der Waals surface area contributed by atoms with Crippen LogP contribution in [0.15, 0.2) is 62.7 Å². The number of carbonyl (C=O) groups is 6. The van der Waals surface area contributed by atoms with Gasteiger partial charge in [0.15, 0.2) is 0 Å². The molecule has 16 heteroatoms. The zero-order chi connectivity index (χ0) is 52.9. The van der Waals surface area contributed by atoms with E-state index in [1.807, 2.05) is 26.8 Å². The summed E-state index contributed by atoms with van der Waals surface area (Å²) in [5, 5.41) is 9.85. The number of benzene rings is 2. The molecule has 0 amide bonds. The Labute approximate surface area is 438 Å². The number of hydrogen-bond acceptors (Lipinski definition) is 15. The fourth-order valence-corrected chi connectivity index (χ4v) is 12.5. The molecule has 1 heterocycles. The summed E-state index contributed by atoms with van der Waals surface area (Å²) in [7, 11) is 0. The van der Waals surface area contributed by atoms with Gasteiger partial charge in [-0.25, -0.2) is 14.9 Å². The minimum Gasteiger partial charge on any atom is -0.465 e. The molecule has 2 aromatic carbocycles. The quantitative estimate of drug-likeness (QED) is 0.0323. The first-order valence-electron chi connectivity index (χ1n) is 25.7. The van der Waals surface area contributed by atoms with E-state index in [-0.39, 0.29) is 56.0 Å². The Morgan fingerprint density at radius 1 is 0.726 bits per heavy atom. The maximum absolute atomic E-state index is 14.0. The van der Waals surface area contributed by atoms with Gasteiger partial charge in [-0.2, -0.15) is 0 Å². The summed E-state index contributed by atoms with van der Waals surface area (Å²) < 4.78 is 34.3. The highest BCUT2D eigenvalue weighted by molar-refractivity contribution is 8.24. The largest absolute Gasteiger partial charge is 0.465 e. The van der Waals surface area contributed by atoms with Gasteiger partial charge in [0.25, 0.3) is 5.70 Å². The number of ether oxygens (including phenoxy) is 6. The third-order valence-corrected chi connectivity index (χ3v) is 17.1. The molecule has 392 valence electrons. The van der Waals surface area contributed by atoms with Gasteiger partial charge in [-0.3, -0.25) is 24.0 Å². The number of rotatable bonds is 19. The van der Waals surface area contributed by atoms with E-state index in [1.165, 1.54) is 55.6 Å². The van der Waals surface area contributed by atoms with E-state index in [4.69, 9.17) is 35.0 Å². The van der Waals surface area contributed by atoms with Gasteiger partial charge >= 0.3 is 35.8 Å². The van der Waals surface area contributed by atoms with Gasteiger partial charge in [-0.1, -0.05) is 103 Å². The molecule has 0 atom stereocenters. The van der Waals surface area contributed by atoms with Crippen molar-refractivity contribution >= 4 is 59.3 Å². The first-order valence-corrected chi connectivity index (χ1v) is 27.4. The number of hydrogen-bond donors (Lipinski definition) is 0. The van der Waals surface area contributed by atoms with Crippen LogP contribution in [0.2, 0.25) is 0 Å². The average molecular weight is 1040 g/mol. The summed E-state index contributed by atoms with van der Waals surface area (Å²) >= 11 is 2.37. The molecule has 3 aliphatic carbocycles. The molecule has 0 N–H and O–H groups in total. The first-order chi connectivity index (χ1) is 34.8. The van der Waals surface area contributed by atoms with Crippen LogP contribution in [0.1, 0.15) is 149 Å². The Balaban J connectivity index is 0.988. The summed E-state index contributed by atoms with van der Waals surface area (Å²) in [5.41, 5.74) is 0.272. The number of allylic oxidation sites excluding steroid dienone is 1. The Bertz CT molecular complexity index is 2460. The molecule has 1 aliphatic heterocycles. The summed E-state index contributed by atoms with van der Waals surface area (Å²) in [6, 6.07) is 10.6. The molecule has 73 heavy (non-hydrogen) atoms. The van der Waals surface area contributed by atoms with Crippen LogP contribution >= 0.6 is 23.5 Å². The maximum atomic E-state index is 14.0. The van der Waals surface area contributed by atoms with Gasteiger partial charge in [-0.15, -0.1) is 0 Å². The molecule has 0 radical (unpaired) electrons. The smallest absolute Gasteiger partial charge is 0.330 e. The Morgan fingerprint density at radius 2 is 1.25 bits per heavy atom. The number of esters is 6. The number of thioether (sulfide) groups is 2. The molecule has 2 aromatic rings. The Kier molecular flexibility index (Phi) is 20.3. The molecular weight excluding hydrogens is 969 g/mol. The van der Waals surface area contributed by atoms with Crippen LogP contribution in [-0.2, 0) is 54.8 Å². The molecule has 6 rings (SSSR count). The number of fused-ring (bicyclic) bond motifs is 1. The lowest BCUT2D eigenvalue weighted by atomic mass is 9.69. The van der Waals surface area contributed by atoms with Gasteiger partial charge in [0.05, 0.1) is 77.1 Å². The molecule has 14 nitrogen and oxygen atoms in total. The summed E-state index contributed by atoms with van der Waals surface area (Å²) in [6.45, 7) is 23.0. The zero-order valence-electron chi connectivity index (χ0n) is 43.2. The maximum Gasteiger partial charge on any atom is 0.330 e. The van der Waals surface area contributed by atoms with Crippen molar-refractivity contribution in [2.75, 3.05) is 19.8 Å². The van der Waals surface area contributed by atoms with E-state index in [1.54, 1.807) is 44.2 Å². The van der Waals surface area contributed by atoms with Gasteiger partial charge in [0.2, 0.25) is 0 Å². The molecule has 0 unspecified atom stereocenters. The molecule has 4 aliphatic rings. The van der Waals surface area contributed by atoms with Crippen LogP contribution in [-0.4, -0.2) is 55.6 Å². The van der Waals surface area contributed by atoms with Crippen LogP contribution in [0, 0.1) is 58.8 Å². The van der Waals surface area contributed by atoms with Crippen molar-refractivity contribution in [2.45, 2.75) is 159 Å². The van der Waals surface area contributed by atoms with Crippen LogP contribution < -0.4 is 14.2 Å². The highest BCUT2D eigenvalue weighted by Gasteiger charge is 2.39.